The van der Waals surface area contributed by atoms with Gasteiger partial charge < -0.3 is 19.8 Å². The molecule has 2 aromatic heterocycles. The second-order valence-corrected chi connectivity index (χ2v) is 9.77. The van der Waals surface area contributed by atoms with Crippen LogP contribution in [-0.2, 0) is 28.8 Å². The largest absolute Gasteiger partial charge is 0.464 e. The van der Waals surface area contributed by atoms with Gasteiger partial charge in [-0.15, -0.1) is 11.3 Å². The Morgan fingerprint density at radius 3 is 2.85 bits per heavy atom. The Morgan fingerprint density at radius 1 is 1.12 bits per heavy atom. The molecule has 0 spiro atoms. The van der Waals surface area contributed by atoms with Crippen LogP contribution in [0.1, 0.15) is 45.6 Å². The normalized spacial score (nSPS) is 13.2. The number of carbonyl (C=O) groups excluding carboxylic acids is 2. The van der Waals surface area contributed by atoms with Gasteiger partial charge in [0.05, 0.1) is 18.2 Å². The number of amides is 2. The van der Waals surface area contributed by atoms with Crippen LogP contribution in [0.25, 0.3) is 21.7 Å². The van der Waals surface area contributed by atoms with E-state index < -0.39 is 0 Å². The van der Waals surface area contributed by atoms with Gasteiger partial charge in [-0.25, -0.2) is 0 Å². The van der Waals surface area contributed by atoms with Crippen molar-refractivity contribution in [3.05, 3.63) is 64.2 Å². The van der Waals surface area contributed by atoms with Crippen LogP contribution in [0.5, 0.6) is 0 Å². The first kappa shape index (κ1) is 22.6. The first-order chi connectivity index (χ1) is 16.7. The van der Waals surface area contributed by atoms with Gasteiger partial charge >= 0.3 is 0 Å². The van der Waals surface area contributed by atoms with Crippen molar-refractivity contribution in [1.82, 2.24) is 5.32 Å². The van der Waals surface area contributed by atoms with Gasteiger partial charge in [-0.3, -0.25) is 9.59 Å². The topological polar surface area (TPSA) is 80.6 Å². The van der Waals surface area contributed by atoms with Gasteiger partial charge in [0.2, 0.25) is 5.91 Å². The molecule has 0 saturated heterocycles. The molecule has 7 heteroatoms. The molecule has 34 heavy (non-hydrogen) atoms. The maximum absolute atomic E-state index is 13.2. The third-order valence-electron chi connectivity index (χ3n) is 6.35. The summed E-state index contributed by atoms with van der Waals surface area (Å²) in [5.41, 5.74) is 3.34. The minimum atomic E-state index is -0.150. The van der Waals surface area contributed by atoms with E-state index in [1.54, 1.807) is 24.7 Å². The van der Waals surface area contributed by atoms with E-state index in [1.165, 1.54) is 4.88 Å². The van der Waals surface area contributed by atoms with Crippen LogP contribution in [0.4, 0.5) is 5.00 Å². The predicted octanol–water partition coefficient (Wildman–Crippen LogP) is 5.47. The minimum absolute atomic E-state index is 0.120. The molecule has 6 nitrogen and oxygen atoms in total. The first-order valence-electron chi connectivity index (χ1n) is 11.7. The number of ether oxygens (including phenoxy) is 1. The maximum Gasteiger partial charge on any atom is 0.254 e. The number of fused-ring (bicyclic) bond motifs is 4. The molecule has 0 atom stereocenters. The van der Waals surface area contributed by atoms with E-state index >= 15 is 0 Å². The summed E-state index contributed by atoms with van der Waals surface area (Å²) in [6, 6.07) is 12.1. The van der Waals surface area contributed by atoms with Gasteiger partial charge in [-0.1, -0.05) is 30.3 Å². The summed E-state index contributed by atoms with van der Waals surface area (Å²) < 4.78 is 10.8. The van der Waals surface area contributed by atoms with Crippen LogP contribution in [0.2, 0.25) is 0 Å². The van der Waals surface area contributed by atoms with Crippen molar-refractivity contribution in [1.29, 1.82) is 0 Å². The Morgan fingerprint density at radius 2 is 1.97 bits per heavy atom. The van der Waals surface area contributed by atoms with Crippen molar-refractivity contribution in [3.63, 3.8) is 0 Å². The zero-order valence-electron chi connectivity index (χ0n) is 19.2. The summed E-state index contributed by atoms with van der Waals surface area (Å²) >= 11 is 1.54. The molecule has 4 aromatic rings. The fourth-order valence-electron chi connectivity index (χ4n) is 4.75. The van der Waals surface area contributed by atoms with Crippen molar-refractivity contribution in [2.45, 2.75) is 38.5 Å². The molecule has 0 unspecified atom stereocenters. The van der Waals surface area contributed by atoms with Gasteiger partial charge in [-0.05, 0) is 54.5 Å². The highest BCUT2D eigenvalue weighted by Gasteiger charge is 2.26. The van der Waals surface area contributed by atoms with Gasteiger partial charge in [-0.2, -0.15) is 0 Å². The number of hydrogen-bond acceptors (Lipinski definition) is 5. The lowest BCUT2D eigenvalue weighted by molar-refractivity contribution is -0.115. The number of aryl methyl sites for hydroxylation is 1. The Bertz CT molecular complexity index is 1350. The summed E-state index contributed by atoms with van der Waals surface area (Å²) in [6.07, 6.45) is 6.61. The van der Waals surface area contributed by atoms with E-state index in [2.05, 4.69) is 16.7 Å². The van der Waals surface area contributed by atoms with Crippen molar-refractivity contribution in [2.75, 3.05) is 25.6 Å². The van der Waals surface area contributed by atoms with Crippen LogP contribution in [0, 0.1) is 0 Å². The quantitative estimate of drug-likeness (QED) is 0.330. The molecule has 1 aliphatic carbocycles. The lowest BCUT2D eigenvalue weighted by atomic mass is 9.95. The molecular weight excluding hydrogens is 448 g/mol. The number of benzene rings is 2. The van der Waals surface area contributed by atoms with Crippen LogP contribution in [-0.4, -0.2) is 32.1 Å². The monoisotopic (exact) mass is 476 g/mol. The Kier molecular flexibility index (Phi) is 6.65. The van der Waals surface area contributed by atoms with Gasteiger partial charge in [0.1, 0.15) is 10.6 Å². The van der Waals surface area contributed by atoms with Crippen molar-refractivity contribution >= 4 is 49.9 Å². The molecule has 5 rings (SSSR count). The van der Waals surface area contributed by atoms with Crippen LogP contribution >= 0.6 is 11.3 Å². The van der Waals surface area contributed by atoms with E-state index in [9.17, 15) is 9.59 Å². The van der Waals surface area contributed by atoms with Crippen molar-refractivity contribution < 1.29 is 18.7 Å². The van der Waals surface area contributed by atoms with Crippen molar-refractivity contribution in [3.8, 4) is 0 Å². The summed E-state index contributed by atoms with van der Waals surface area (Å²) in [4.78, 5) is 27.4. The Labute approximate surface area is 202 Å². The number of thiophene rings is 1. The number of carbonyl (C=O) groups is 2. The Hall–Kier alpha value is -3.16. The van der Waals surface area contributed by atoms with Crippen LogP contribution in [0.3, 0.4) is 0 Å². The predicted molar refractivity (Wildman–Crippen MR) is 136 cm³/mol. The molecule has 2 heterocycles. The fraction of sp³-hybridized carbons (Fsp3) is 0.333. The highest BCUT2D eigenvalue weighted by atomic mass is 32.1. The average Bonchev–Trinajstić information content (AvgIpc) is 3.42. The zero-order valence-corrected chi connectivity index (χ0v) is 20.1. The van der Waals surface area contributed by atoms with E-state index in [0.29, 0.717) is 23.7 Å². The number of methoxy groups -OCH3 is 1. The van der Waals surface area contributed by atoms with Gasteiger partial charge in [0.25, 0.3) is 5.91 Å². The molecule has 2 N–H and O–H groups in total. The van der Waals surface area contributed by atoms with E-state index in [0.717, 1.165) is 65.0 Å². The number of rotatable bonds is 8. The summed E-state index contributed by atoms with van der Waals surface area (Å²) in [5.74, 6) is -0.270. The molecule has 2 amide bonds. The molecule has 0 aliphatic heterocycles. The summed E-state index contributed by atoms with van der Waals surface area (Å²) in [5, 5.41) is 9.84. The number of anilines is 1. The highest BCUT2D eigenvalue weighted by Crippen LogP contribution is 2.38. The van der Waals surface area contributed by atoms with Crippen LogP contribution < -0.4 is 10.6 Å². The molecule has 0 fully saturated rings. The third kappa shape index (κ3) is 4.45. The minimum Gasteiger partial charge on any atom is -0.464 e. The van der Waals surface area contributed by atoms with Crippen LogP contribution in [0.15, 0.2) is 47.1 Å². The third-order valence-corrected chi connectivity index (χ3v) is 7.56. The van der Waals surface area contributed by atoms with Gasteiger partial charge in [0, 0.05) is 36.1 Å². The van der Waals surface area contributed by atoms with E-state index in [1.807, 2.05) is 30.3 Å². The molecule has 0 radical (unpaired) electrons. The highest BCUT2D eigenvalue weighted by molar-refractivity contribution is 7.17. The smallest absolute Gasteiger partial charge is 0.254 e. The lowest BCUT2D eigenvalue weighted by Crippen LogP contribution is -2.27. The number of hydrogen-bond donors (Lipinski definition) is 2. The Balaban J connectivity index is 1.39. The molecule has 0 bridgehead atoms. The van der Waals surface area contributed by atoms with Crippen molar-refractivity contribution in [2.24, 2.45) is 0 Å². The number of furan rings is 1. The molecule has 176 valence electrons. The first-order valence-corrected chi connectivity index (χ1v) is 12.6. The standard InChI is InChI=1S/C27H28N2O4S/c1-32-14-6-13-28-26(31)25-20-9-4-5-10-22(20)34-27(25)29-23(30)15-18-16-33-21-12-11-17-7-2-3-8-19(17)24(18)21/h2-3,7-8,11-12,16H,4-6,9-10,13-15H2,1H3,(H,28,31)(H,29,30). The van der Waals surface area contributed by atoms with Gasteiger partial charge in [0.15, 0.2) is 0 Å². The second-order valence-electron chi connectivity index (χ2n) is 8.66. The average molecular weight is 477 g/mol. The lowest BCUT2D eigenvalue weighted by Gasteiger charge is -2.13. The SMILES string of the molecule is COCCCNC(=O)c1c(NC(=O)Cc2coc3ccc4ccccc4c23)sc2c1CCCC2. The fourth-order valence-corrected chi connectivity index (χ4v) is 6.05. The maximum atomic E-state index is 13.2. The molecular formula is C27H28N2O4S. The summed E-state index contributed by atoms with van der Waals surface area (Å²) in [7, 11) is 1.65. The molecule has 0 saturated carbocycles. The van der Waals surface area contributed by atoms with E-state index in [4.69, 9.17) is 9.15 Å². The van der Waals surface area contributed by atoms with E-state index in [-0.39, 0.29) is 18.2 Å². The molecule has 2 aromatic carbocycles. The summed E-state index contributed by atoms with van der Waals surface area (Å²) in [6.45, 7) is 1.14. The number of nitrogens with one attached hydrogen (secondary N) is 2. The second kappa shape index (κ2) is 9.99. The zero-order chi connectivity index (χ0) is 23.5. The molecule has 1 aliphatic rings.